The highest BCUT2D eigenvalue weighted by atomic mass is 16.5. The number of ketones is 1. The number of hydrogen-bond donors (Lipinski definition) is 2. The maximum absolute atomic E-state index is 11.9. The predicted octanol–water partition coefficient (Wildman–Crippen LogP) is 2.20. The van der Waals surface area contributed by atoms with E-state index in [0.717, 1.165) is 11.3 Å². The van der Waals surface area contributed by atoms with Crippen LogP contribution in [0.25, 0.3) is 0 Å². The molecule has 130 valence electrons. The summed E-state index contributed by atoms with van der Waals surface area (Å²) in [7, 11) is 1.58. The van der Waals surface area contributed by atoms with Crippen molar-refractivity contribution in [2.45, 2.75) is 13.3 Å². The van der Waals surface area contributed by atoms with Crippen molar-refractivity contribution in [3.63, 3.8) is 0 Å². The fraction of sp³-hybridized carbons (Fsp3) is 0.211. The van der Waals surface area contributed by atoms with Crippen LogP contribution >= 0.6 is 0 Å². The average Bonchev–Trinajstić information content (AvgIpc) is 2.61. The number of methoxy groups -OCH3 is 1. The van der Waals surface area contributed by atoms with Crippen LogP contribution in [-0.2, 0) is 16.0 Å². The first-order valence-electron chi connectivity index (χ1n) is 7.78. The molecule has 0 aliphatic carbocycles. The van der Waals surface area contributed by atoms with Crippen LogP contribution in [0.5, 0.6) is 5.75 Å². The van der Waals surface area contributed by atoms with E-state index in [1.807, 2.05) is 0 Å². The summed E-state index contributed by atoms with van der Waals surface area (Å²) in [4.78, 5) is 34.9. The minimum Gasteiger partial charge on any atom is -0.497 e. The summed E-state index contributed by atoms with van der Waals surface area (Å²) in [5.41, 5.74) is 1.98. The van der Waals surface area contributed by atoms with E-state index in [1.165, 1.54) is 6.92 Å². The van der Waals surface area contributed by atoms with Crippen LogP contribution in [0.4, 0.5) is 5.69 Å². The zero-order valence-electron chi connectivity index (χ0n) is 14.2. The van der Waals surface area contributed by atoms with Crippen LogP contribution < -0.4 is 15.4 Å². The second-order valence-electron chi connectivity index (χ2n) is 5.48. The normalized spacial score (nSPS) is 10.0. The average molecular weight is 340 g/mol. The molecule has 0 bridgehead atoms. The number of ether oxygens (including phenoxy) is 1. The van der Waals surface area contributed by atoms with Gasteiger partial charge in [-0.2, -0.15) is 0 Å². The van der Waals surface area contributed by atoms with Gasteiger partial charge in [0.2, 0.25) is 11.8 Å². The van der Waals surface area contributed by atoms with Gasteiger partial charge in [0, 0.05) is 11.3 Å². The number of Topliss-reactive ketones (excluding diaryl/α,β-unsaturated/α-hetero) is 1. The first kappa shape index (κ1) is 18.2. The van der Waals surface area contributed by atoms with Crippen molar-refractivity contribution in [2.24, 2.45) is 0 Å². The summed E-state index contributed by atoms with van der Waals surface area (Å²) in [6, 6.07) is 13.7. The summed E-state index contributed by atoms with van der Waals surface area (Å²) in [5.74, 6) is 0.105. The lowest BCUT2D eigenvalue weighted by molar-refractivity contribution is -0.123. The van der Waals surface area contributed by atoms with E-state index < -0.39 is 0 Å². The lowest BCUT2D eigenvalue weighted by atomic mass is 10.1. The van der Waals surface area contributed by atoms with Crippen molar-refractivity contribution in [2.75, 3.05) is 19.0 Å². The predicted molar refractivity (Wildman–Crippen MR) is 94.8 cm³/mol. The third-order valence-electron chi connectivity index (χ3n) is 3.55. The van der Waals surface area contributed by atoms with Gasteiger partial charge in [-0.25, -0.2) is 0 Å². The van der Waals surface area contributed by atoms with Gasteiger partial charge in [-0.3, -0.25) is 14.4 Å². The summed E-state index contributed by atoms with van der Waals surface area (Å²) < 4.78 is 5.06. The van der Waals surface area contributed by atoms with Crippen molar-refractivity contribution in [1.29, 1.82) is 0 Å². The third kappa shape index (κ3) is 5.76. The molecule has 0 fully saturated rings. The summed E-state index contributed by atoms with van der Waals surface area (Å²) >= 11 is 0. The molecule has 6 nitrogen and oxygen atoms in total. The molecule has 0 spiro atoms. The van der Waals surface area contributed by atoms with E-state index in [9.17, 15) is 14.4 Å². The highest BCUT2D eigenvalue weighted by Gasteiger charge is 2.08. The number of rotatable bonds is 7. The summed E-state index contributed by atoms with van der Waals surface area (Å²) in [5, 5.41) is 5.23. The number of anilines is 1. The molecular weight excluding hydrogens is 320 g/mol. The Bertz CT molecular complexity index is 752. The smallest absolute Gasteiger partial charge is 0.243 e. The van der Waals surface area contributed by atoms with E-state index >= 15 is 0 Å². The van der Waals surface area contributed by atoms with E-state index in [2.05, 4.69) is 10.6 Å². The molecule has 0 unspecified atom stereocenters. The molecule has 2 aromatic rings. The molecule has 2 aromatic carbocycles. The molecule has 2 amide bonds. The number of carbonyl (C=O) groups excluding carboxylic acids is 3. The second-order valence-corrected chi connectivity index (χ2v) is 5.48. The Morgan fingerprint density at radius 3 is 2.12 bits per heavy atom. The minimum atomic E-state index is -0.335. The van der Waals surface area contributed by atoms with Gasteiger partial charge in [0.1, 0.15) is 5.75 Å². The minimum absolute atomic E-state index is 0.0383. The van der Waals surface area contributed by atoms with E-state index in [0.29, 0.717) is 11.3 Å². The lowest BCUT2D eigenvalue weighted by Gasteiger charge is -2.08. The quantitative estimate of drug-likeness (QED) is 0.757. The van der Waals surface area contributed by atoms with Gasteiger partial charge in [-0.15, -0.1) is 0 Å². The first-order chi connectivity index (χ1) is 12.0. The van der Waals surface area contributed by atoms with Crippen molar-refractivity contribution in [1.82, 2.24) is 5.32 Å². The van der Waals surface area contributed by atoms with Crippen molar-refractivity contribution in [3.05, 3.63) is 59.7 Å². The van der Waals surface area contributed by atoms with Gasteiger partial charge in [-0.1, -0.05) is 12.1 Å². The lowest BCUT2D eigenvalue weighted by Crippen LogP contribution is -2.33. The van der Waals surface area contributed by atoms with Gasteiger partial charge in [0.05, 0.1) is 20.1 Å². The van der Waals surface area contributed by atoms with Gasteiger partial charge < -0.3 is 15.4 Å². The van der Waals surface area contributed by atoms with Crippen LogP contribution in [0.2, 0.25) is 0 Å². The maximum atomic E-state index is 11.9. The Morgan fingerprint density at radius 2 is 1.56 bits per heavy atom. The molecule has 0 saturated heterocycles. The maximum Gasteiger partial charge on any atom is 0.243 e. The Labute approximate surface area is 146 Å². The van der Waals surface area contributed by atoms with Crippen LogP contribution in [0.15, 0.2) is 48.5 Å². The Kier molecular flexibility index (Phi) is 6.28. The third-order valence-corrected chi connectivity index (χ3v) is 3.55. The molecule has 0 heterocycles. The topological polar surface area (TPSA) is 84.5 Å². The Hall–Kier alpha value is -3.15. The fourth-order valence-corrected chi connectivity index (χ4v) is 2.16. The molecule has 25 heavy (non-hydrogen) atoms. The number of carbonyl (C=O) groups is 3. The molecule has 0 radical (unpaired) electrons. The second kappa shape index (κ2) is 8.63. The van der Waals surface area contributed by atoms with Gasteiger partial charge in [0.25, 0.3) is 0 Å². The van der Waals surface area contributed by atoms with Gasteiger partial charge in [-0.05, 0) is 48.9 Å². The standard InChI is InChI=1S/C19H20N2O4/c1-13(22)15-5-7-16(8-6-15)21-19(24)12-20-18(23)11-14-3-9-17(25-2)10-4-14/h3-10H,11-12H2,1-2H3,(H,20,23)(H,21,24). The molecule has 0 aromatic heterocycles. The molecule has 6 heteroatoms. The molecule has 0 aliphatic rings. The highest BCUT2D eigenvalue weighted by molar-refractivity contribution is 5.97. The number of benzene rings is 2. The Balaban J connectivity index is 1.78. The van der Waals surface area contributed by atoms with E-state index in [-0.39, 0.29) is 30.6 Å². The SMILES string of the molecule is COc1ccc(CC(=O)NCC(=O)Nc2ccc(C(C)=O)cc2)cc1. The van der Waals surface area contributed by atoms with Crippen molar-refractivity contribution in [3.8, 4) is 5.75 Å². The first-order valence-corrected chi connectivity index (χ1v) is 7.78. The van der Waals surface area contributed by atoms with Crippen molar-refractivity contribution < 1.29 is 19.1 Å². The zero-order chi connectivity index (χ0) is 18.2. The van der Waals surface area contributed by atoms with E-state index in [1.54, 1.807) is 55.6 Å². The zero-order valence-corrected chi connectivity index (χ0v) is 14.2. The van der Waals surface area contributed by atoms with Crippen LogP contribution in [0, 0.1) is 0 Å². The van der Waals surface area contributed by atoms with E-state index in [4.69, 9.17) is 4.74 Å². The number of hydrogen-bond acceptors (Lipinski definition) is 4. The van der Waals surface area contributed by atoms with Crippen LogP contribution in [0.1, 0.15) is 22.8 Å². The molecular formula is C19H20N2O4. The Morgan fingerprint density at radius 1 is 0.920 bits per heavy atom. The molecule has 0 saturated carbocycles. The van der Waals surface area contributed by atoms with Gasteiger partial charge >= 0.3 is 0 Å². The number of amides is 2. The fourth-order valence-electron chi connectivity index (χ4n) is 2.16. The van der Waals surface area contributed by atoms with Crippen LogP contribution in [-0.4, -0.2) is 31.3 Å². The van der Waals surface area contributed by atoms with Crippen LogP contribution in [0.3, 0.4) is 0 Å². The summed E-state index contributed by atoms with van der Waals surface area (Å²) in [6.45, 7) is 1.36. The molecule has 0 aliphatic heterocycles. The molecule has 0 atom stereocenters. The largest absolute Gasteiger partial charge is 0.497 e. The monoisotopic (exact) mass is 340 g/mol. The summed E-state index contributed by atoms with van der Waals surface area (Å²) in [6.07, 6.45) is 0.185. The molecule has 2 rings (SSSR count). The van der Waals surface area contributed by atoms with Gasteiger partial charge in [0.15, 0.2) is 5.78 Å². The molecule has 2 N–H and O–H groups in total. The highest BCUT2D eigenvalue weighted by Crippen LogP contribution is 2.12. The van der Waals surface area contributed by atoms with Crippen molar-refractivity contribution >= 4 is 23.3 Å². The number of nitrogens with one attached hydrogen (secondary N) is 2.